The number of nitrogens with one attached hydrogen (secondary N) is 2. The Bertz CT molecular complexity index is 1310. The van der Waals surface area contributed by atoms with Crippen LogP contribution in [-0.4, -0.2) is 58.8 Å². The standard InChI is InChI=1S/C23H23F3N8O/c24-23(25,26)17-9-16(11-30-21(17)27)15-2-4-20-31-18(13-34(20)12-15)32-22(35)14-1-3-19(29-10-14)33-7-5-28-6-8-33/h1-4,10-13,16,28H,5-9,27H2,(H,32,35). The lowest BCUT2D eigenvalue weighted by atomic mass is 9.92. The lowest BCUT2D eigenvalue weighted by Gasteiger charge is -2.28. The number of imidazole rings is 1. The lowest BCUT2D eigenvalue weighted by molar-refractivity contribution is -0.0953. The number of pyridine rings is 2. The first-order valence-electron chi connectivity index (χ1n) is 11.1. The Labute approximate surface area is 198 Å². The average molecular weight is 484 g/mol. The van der Waals surface area contributed by atoms with Crippen molar-refractivity contribution in [3.05, 3.63) is 65.4 Å². The first-order valence-corrected chi connectivity index (χ1v) is 11.1. The Morgan fingerprint density at radius 3 is 2.66 bits per heavy atom. The third-order valence-electron chi connectivity index (χ3n) is 6.06. The first-order chi connectivity index (χ1) is 16.8. The van der Waals surface area contributed by atoms with Gasteiger partial charge < -0.3 is 25.7 Å². The van der Waals surface area contributed by atoms with E-state index in [1.807, 2.05) is 6.07 Å². The molecule has 0 aliphatic carbocycles. The molecule has 1 unspecified atom stereocenters. The smallest absolute Gasteiger partial charge is 0.383 e. The number of amides is 1. The molecule has 1 atom stereocenters. The predicted molar refractivity (Wildman–Crippen MR) is 126 cm³/mol. The van der Waals surface area contributed by atoms with Gasteiger partial charge in [0.25, 0.3) is 5.91 Å². The number of aliphatic imine (C=N–C) groups is 1. The van der Waals surface area contributed by atoms with E-state index in [1.165, 1.54) is 12.4 Å². The van der Waals surface area contributed by atoms with Gasteiger partial charge in [0.15, 0.2) is 5.82 Å². The van der Waals surface area contributed by atoms with Crippen molar-refractivity contribution in [3.63, 3.8) is 0 Å². The highest BCUT2D eigenvalue weighted by molar-refractivity contribution is 6.03. The minimum Gasteiger partial charge on any atom is -0.383 e. The van der Waals surface area contributed by atoms with Crippen molar-refractivity contribution in [1.29, 1.82) is 0 Å². The third-order valence-corrected chi connectivity index (χ3v) is 6.06. The van der Waals surface area contributed by atoms with Crippen molar-refractivity contribution >= 4 is 29.4 Å². The molecular formula is C23H23F3N8O. The largest absolute Gasteiger partial charge is 0.416 e. The number of nitrogens with two attached hydrogens (primary N) is 1. The molecule has 5 rings (SSSR count). The Balaban J connectivity index is 1.29. The highest BCUT2D eigenvalue weighted by Crippen LogP contribution is 2.37. The Kier molecular flexibility index (Phi) is 5.89. The van der Waals surface area contributed by atoms with Crippen LogP contribution in [-0.2, 0) is 0 Å². The summed E-state index contributed by atoms with van der Waals surface area (Å²) in [4.78, 5) is 27.4. The van der Waals surface area contributed by atoms with E-state index >= 15 is 0 Å². The molecule has 1 fully saturated rings. The van der Waals surface area contributed by atoms with Crippen LogP contribution in [0.5, 0.6) is 0 Å². The van der Waals surface area contributed by atoms with Crippen LogP contribution in [0.25, 0.3) is 5.65 Å². The van der Waals surface area contributed by atoms with Crippen LogP contribution in [0.3, 0.4) is 0 Å². The van der Waals surface area contributed by atoms with E-state index in [0.717, 1.165) is 32.0 Å². The van der Waals surface area contributed by atoms with E-state index in [2.05, 4.69) is 30.5 Å². The van der Waals surface area contributed by atoms with Crippen molar-refractivity contribution in [3.8, 4) is 0 Å². The topological polar surface area (TPSA) is 113 Å². The Hall–Kier alpha value is -3.93. The maximum atomic E-state index is 13.2. The second-order valence-corrected chi connectivity index (χ2v) is 8.40. The van der Waals surface area contributed by atoms with E-state index in [-0.39, 0.29) is 12.3 Å². The number of fused-ring (bicyclic) bond motifs is 1. The molecule has 0 bridgehead atoms. The Morgan fingerprint density at radius 2 is 1.94 bits per heavy atom. The normalized spacial score (nSPS) is 18.8. The van der Waals surface area contributed by atoms with Crippen LogP contribution in [0.2, 0.25) is 0 Å². The molecule has 12 heteroatoms. The van der Waals surface area contributed by atoms with Gasteiger partial charge in [-0.15, -0.1) is 0 Å². The molecule has 35 heavy (non-hydrogen) atoms. The van der Waals surface area contributed by atoms with Crippen molar-refractivity contribution in [2.75, 3.05) is 36.4 Å². The zero-order valence-electron chi connectivity index (χ0n) is 18.6. The fourth-order valence-electron chi connectivity index (χ4n) is 4.17. The summed E-state index contributed by atoms with van der Waals surface area (Å²) >= 11 is 0. The molecule has 0 spiro atoms. The number of rotatable bonds is 4. The number of carbonyl (C=O) groups excluding carboxylic acids is 1. The predicted octanol–water partition coefficient (Wildman–Crippen LogP) is 2.68. The van der Waals surface area contributed by atoms with Crippen LogP contribution in [0.1, 0.15) is 28.3 Å². The summed E-state index contributed by atoms with van der Waals surface area (Å²) in [6.45, 7) is 3.49. The van der Waals surface area contributed by atoms with Gasteiger partial charge in [-0.3, -0.25) is 4.79 Å². The van der Waals surface area contributed by atoms with Gasteiger partial charge in [0.05, 0.1) is 17.3 Å². The highest BCUT2D eigenvalue weighted by Gasteiger charge is 2.39. The molecule has 1 amide bonds. The number of aromatic nitrogens is 3. The molecule has 4 N–H and O–H groups in total. The molecule has 0 radical (unpaired) electrons. The van der Waals surface area contributed by atoms with E-state index in [4.69, 9.17) is 5.73 Å². The van der Waals surface area contributed by atoms with Gasteiger partial charge >= 0.3 is 6.18 Å². The van der Waals surface area contributed by atoms with Crippen molar-refractivity contribution in [1.82, 2.24) is 19.7 Å². The molecule has 0 saturated carbocycles. The molecule has 1 saturated heterocycles. The summed E-state index contributed by atoms with van der Waals surface area (Å²) in [6.07, 6.45) is 1.40. The number of alkyl halides is 3. The molecular weight excluding hydrogens is 461 g/mol. The van der Waals surface area contributed by atoms with Crippen LogP contribution in [0.4, 0.5) is 24.8 Å². The van der Waals surface area contributed by atoms with Crippen molar-refractivity contribution in [2.45, 2.75) is 18.5 Å². The van der Waals surface area contributed by atoms with Gasteiger partial charge in [-0.05, 0) is 30.2 Å². The number of hydrogen-bond donors (Lipinski definition) is 3. The highest BCUT2D eigenvalue weighted by atomic mass is 19.4. The summed E-state index contributed by atoms with van der Waals surface area (Å²) in [5.74, 6) is -0.305. The molecule has 3 aromatic rings. The van der Waals surface area contributed by atoms with Crippen LogP contribution < -0.4 is 21.3 Å². The van der Waals surface area contributed by atoms with E-state index in [1.54, 1.807) is 35.0 Å². The fraction of sp³-hybridized carbons (Fsp3) is 0.304. The molecule has 5 heterocycles. The van der Waals surface area contributed by atoms with E-state index < -0.39 is 23.5 Å². The van der Waals surface area contributed by atoms with Gasteiger partial charge in [0.1, 0.15) is 17.3 Å². The zero-order valence-corrected chi connectivity index (χ0v) is 18.6. The van der Waals surface area contributed by atoms with Gasteiger partial charge in [0.2, 0.25) is 0 Å². The van der Waals surface area contributed by atoms with Crippen molar-refractivity contribution in [2.24, 2.45) is 10.7 Å². The number of anilines is 2. The van der Waals surface area contributed by atoms with Gasteiger partial charge in [0, 0.05) is 50.7 Å². The van der Waals surface area contributed by atoms with E-state index in [9.17, 15) is 18.0 Å². The number of piperazine rings is 1. The second kappa shape index (κ2) is 9.02. The van der Waals surface area contributed by atoms with Crippen LogP contribution in [0, 0.1) is 0 Å². The van der Waals surface area contributed by atoms with Gasteiger partial charge in [-0.25, -0.2) is 15.0 Å². The molecule has 9 nitrogen and oxygen atoms in total. The summed E-state index contributed by atoms with van der Waals surface area (Å²) in [6, 6.07) is 6.91. The minimum absolute atomic E-state index is 0.292. The number of nitrogens with zero attached hydrogens (tertiary/aromatic N) is 5. The summed E-state index contributed by atoms with van der Waals surface area (Å²) < 4.78 is 41.4. The SMILES string of the molecule is NC1=C(C(F)(F)F)CC(c2ccc3nc(NC(=O)c4ccc(N5CCNCC5)nc4)cn3c2)C=N1. The van der Waals surface area contributed by atoms with Gasteiger partial charge in [-0.2, -0.15) is 13.2 Å². The lowest BCUT2D eigenvalue weighted by Crippen LogP contribution is -2.43. The maximum Gasteiger partial charge on any atom is 0.416 e. The van der Waals surface area contributed by atoms with Gasteiger partial charge in [-0.1, -0.05) is 6.07 Å². The maximum absolute atomic E-state index is 13.2. The molecule has 182 valence electrons. The first kappa shape index (κ1) is 22.8. The van der Waals surface area contributed by atoms with Crippen LogP contribution in [0.15, 0.2) is 59.2 Å². The van der Waals surface area contributed by atoms with Crippen LogP contribution >= 0.6 is 0 Å². The van der Waals surface area contributed by atoms with Crippen molar-refractivity contribution < 1.29 is 18.0 Å². The summed E-state index contributed by atoms with van der Waals surface area (Å²) in [5.41, 5.74) is 6.16. The minimum atomic E-state index is -4.53. The molecule has 2 aliphatic rings. The summed E-state index contributed by atoms with van der Waals surface area (Å²) in [7, 11) is 0. The average Bonchev–Trinajstić information content (AvgIpc) is 3.25. The quantitative estimate of drug-likeness (QED) is 0.525. The number of halogens is 3. The van der Waals surface area contributed by atoms with E-state index in [0.29, 0.717) is 22.6 Å². The molecule has 2 aliphatic heterocycles. The number of carbonyl (C=O) groups is 1. The fourth-order valence-corrected chi connectivity index (χ4v) is 4.17. The number of allylic oxidation sites excluding steroid dienone is 1. The zero-order chi connectivity index (χ0) is 24.6. The third kappa shape index (κ3) is 4.83. The molecule has 3 aromatic heterocycles. The molecule has 0 aromatic carbocycles. The second-order valence-electron chi connectivity index (χ2n) is 8.40. The number of hydrogen-bond acceptors (Lipinski definition) is 7. The summed E-state index contributed by atoms with van der Waals surface area (Å²) in [5, 5.41) is 6.03. The Morgan fingerprint density at radius 1 is 1.14 bits per heavy atom. The monoisotopic (exact) mass is 484 g/mol.